The number of carbonyl (C=O) groups excluding carboxylic acids is 3. The van der Waals surface area contributed by atoms with Gasteiger partial charge in [-0.2, -0.15) is 0 Å². The summed E-state index contributed by atoms with van der Waals surface area (Å²) in [6.45, 7) is 4.36. The summed E-state index contributed by atoms with van der Waals surface area (Å²) in [6.07, 6.45) is 0.938. The van der Waals surface area contributed by atoms with Gasteiger partial charge in [-0.3, -0.25) is 14.4 Å². The second kappa shape index (κ2) is 9.39. The van der Waals surface area contributed by atoms with Crippen LogP contribution in [0.3, 0.4) is 0 Å². The van der Waals surface area contributed by atoms with Gasteiger partial charge in [0.25, 0.3) is 5.91 Å². The highest BCUT2D eigenvalue weighted by Gasteiger charge is 2.25. The summed E-state index contributed by atoms with van der Waals surface area (Å²) in [6, 6.07) is 11.4. The molecule has 0 saturated heterocycles. The first-order chi connectivity index (χ1) is 13.4. The van der Waals surface area contributed by atoms with Crippen LogP contribution in [-0.4, -0.2) is 36.1 Å². The van der Waals surface area contributed by atoms with E-state index in [0.29, 0.717) is 16.7 Å². The Hall–Kier alpha value is -2.12. The lowest BCUT2D eigenvalue weighted by atomic mass is 10.2. The zero-order chi connectivity index (χ0) is 20.1. The van der Waals surface area contributed by atoms with Gasteiger partial charge < -0.3 is 9.64 Å². The van der Waals surface area contributed by atoms with Gasteiger partial charge >= 0.3 is 5.97 Å². The molecule has 0 spiro atoms. The molecule has 0 N–H and O–H groups in total. The number of thioether (sulfide) groups is 1. The van der Waals surface area contributed by atoms with Crippen LogP contribution in [0.1, 0.15) is 40.7 Å². The Morgan fingerprint density at radius 1 is 1.14 bits per heavy atom. The Kier molecular flexibility index (Phi) is 6.91. The van der Waals surface area contributed by atoms with Crippen LogP contribution in [-0.2, 0) is 14.3 Å². The number of esters is 1. The van der Waals surface area contributed by atoms with Gasteiger partial charge in [0.05, 0.1) is 17.0 Å². The summed E-state index contributed by atoms with van der Waals surface area (Å²) in [4.78, 5) is 41.2. The van der Waals surface area contributed by atoms with Crippen molar-refractivity contribution < 1.29 is 19.1 Å². The molecule has 0 bridgehead atoms. The van der Waals surface area contributed by atoms with Crippen molar-refractivity contribution in [3.63, 3.8) is 0 Å². The van der Waals surface area contributed by atoms with E-state index in [9.17, 15) is 14.4 Å². The van der Waals surface area contributed by atoms with Gasteiger partial charge in [0.15, 0.2) is 12.4 Å². The summed E-state index contributed by atoms with van der Waals surface area (Å²) in [5, 5.41) is 0.411. The van der Waals surface area contributed by atoms with E-state index in [2.05, 4.69) is 6.92 Å². The topological polar surface area (TPSA) is 63.7 Å². The number of amides is 1. The van der Waals surface area contributed by atoms with Gasteiger partial charge in [0.2, 0.25) is 0 Å². The highest BCUT2D eigenvalue weighted by atomic mass is 32.2. The zero-order valence-corrected chi connectivity index (χ0v) is 17.6. The van der Waals surface area contributed by atoms with Gasteiger partial charge in [0, 0.05) is 28.0 Å². The molecule has 5 nitrogen and oxygen atoms in total. The molecule has 3 rings (SSSR count). The SMILES string of the molecule is Cc1ccc(C(=O)CCC(=O)OCC(=O)N2CC[C@@H](C)Sc3ccccc32)s1. The molecule has 0 aliphatic carbocycles. The largest absolute Gasteiger partial charge is 0.456 e. The van der Waals surface area contributed by atoms with Crippen LogP contribution in [0.5, 0.6) is 0 Å². The van der Waals surface area contributed by atoms with Crippen molar-refractivity contribution in [2.45, 2.75) is 43.3 Å². The fourth-order valence-electron chi connectivity index (χ4n) is 2.96. The standard InChI is InChI=1S/C21H23NO4S2/c1-14-7-9-19(28-14)17(23)8-10-21(25)26-13-20(24)22-12-11-15(2)27-18-6-4-3-5-16(18)22/h3-7,9,15H,8,10-13H2,1-2H3/t15-/m1/s1. The molecule has 7 heteroatoms. The van der Waals surface area contributed by atoms with Crippen molar-refractivity contribution in [3.8, 4) is 0 Å². The van der Waals surface area contributed by atoms with E-state index in [4.69, 9.17) is 4.74 Å². The number of nitrogens with zero attached hydrogens (tertiary/aromatic N) is 1. The molecule has 148 valence electrons. The molecule has 1 aliphatic heterocycles. The number of anilines is 1. The van der Waals surface area contributed by atoms with Crippen molar-refractivity contribution in [2.75, 3.05) is 18.1 Å². The molecule has 0 saturated carbocycles. The minimum atomic E-state index is -0.527. The number of rotatable bonds is 6. The highest BCUT2D eigenvalue weighted by molar-refractivity contribution is 8.00. The van der Waals surface area contributed by atoms with Gasteiger partial charge in [-0.25, -0.2) is 0 Å². The van der Waals surface area contributed by atoms with Crippen LogP contribution < -0.4 is 4.90 Å². The monoisotopic (exact) mass is 417 g/mol. The lowest BCUT2D eigenvalue weighted by Gasteiger charge is -2.22. The van der Waals surface area contributed by atoms with Crippen LogP contribution >= 0.6 is 23.1 Å². The third kappa shape index (κ3) is 5.23. The van der Waals surface area contributed by atoms with Gasteiger partial charge in [-0.1, -0.05) is 19.1 Å². The Bertz CT molecular complexity index is 877. The number of aryl methyl sites for hydroxylation is 1. The number of carbonyl (C=O) groups is 3. The number of hydrogen-bond acceptors (Lipinski definition) is 6. The van der Waals surface area contributed by atoms with E-state index in [1.807, 2.05) is 37.3 Å². The molecule has 2 heterocycles. The lowest BCUT2D eigenvalue weighted by molar-refractivity contribution is -0.147. The first-order valence-corrected chi connectivity index (χ1v) is 10.9. The molecule has 1 aromatic heterocycles. The Balaban J connectivity index is 1.52. The number of fused-ring (bicyclic) bond motifs is 1. The van der Waals surface area contributed by atoms with E-state index in [-0.39, 0.29) is 31.1 Å². The maximum atomic E-state index is 12.7. The molecule has 0 radical (unpaired) electrons. The van der Waals surface area contributed by atoms with Crippen LogP contribution in [0, 0.1) is 6.92 Å². The van der Waals surface area contributed by atoms with Crippen molar-refractivity contribution in [1.29, 1.82) is 0 Å². The Morgan fingerprint density at radius 3 is 2.68 bits per heavy atom. The summed E-state index contributed by atoms with van der Waals surface area (Å²) >= 11 is 3.17. The van der Waals surface area contributed by atoms with E-state index in [0.717, 1.165) is 21.9 Å². The van der Waals surface area contributed by atoms with Gasteiger partial charge in [-0.15, -0.1) is 23.1 Å². The molecule has 0 fully saturated rings. The molecular formula is C21H23NO4S2. The molecule has 0 unspecified atom stereocenters. The van der Waals surface area contributed by atoms with Crippen LogP contribution in [0.15, 0.2) is 41.3 Å². The zero-order valence-electron chi connectivity index (χ0n) is 16.0. The quantitative estimate of drug-likeness (QED) is 0.512. The predicted molar refractivity (Wildman–Crippen MR) is 112 cm³/mol. The average molecular weight is 418 g/mol. The fourth-order valence-corrected chi connectivity index (χ4v) is 4.91. The average Bonchev–Trinajstić information content (AvgIpc) is 3.04. The number of ketones is 1. The highest BCUT2D eigenvalue weighted by Crippen LogP contribution is 2.37. The Morgan fingerprint density at radius 2 is 1.93 bits per heavy atom. The number of benzene rings is 1. The molecule has 1 atom stereocenters. The van der Waals surface area contributed by atoms with Crippen molar-refractivity contribution >= 4 is 46.4 Å². The number of ether oxygens (including phenoxy) is 1. The smallest absolute Gasteiger partial charge is 0.306 e. The molecular weight excluding hydrogens is 394 g/mol. The first-order valence-electron chi connectivity index (χ1n) is 9.25. The second-order valence-electron chi connectivity index (χ2n) is 6.72. The van der Waals surface area contributed by atoms with Crippen LogP contribution in [0.25, 0.3) is 0 Å². The van der Waals surface area contributed by atoms with E-state index < -0.39 is 5.97 Å². The third-order valence-corrected chi connectivity index (χ3v) is 6.75. The van der Waals surface area contributed by atoms with Crippen LogP contribution in [0.4, 0.5) is 5.69 Å². The maximum absolute atomic E-state index is 12.7. The predicted octanol–water partition coefficient (Wildman–Crippen LogP) is 4.48. The third-order valence-electron chi connectivity index (χ3n) is 4.47. The molecule has 1 aliphatic rings. The van der Waals surface area contributed by atoms with Crippen molar-refractivity contribution in [3.05, 3.63) is 46.2 Å². The summed E-state index contributed by atoms with van der Waals surface area (Å²) < 4.78 is 5.15. The molecule has 28 heavy (non-hydrogen) atoms. The summed E-state index contributed by atoms with van der Waals surface area (Å²) in [5.74, 6) is -0.842. The lowest BCUT2D eigenvalue weighted by Crippen LogP contribution is -2.35. The molecule has 2 aromatic rings. The number of para-hydroxylation sites is 1. The van der Waals surface area contributed by atoms with Crippen molar-refractivity contribution in [1.82, 2.24) is 0 Å². The van der Waals surface area contributed by atoms with E-state index in [1.165, 1.54) is 11.3 Å². The number of Topliss-reactive ketones (excluding diaryl/α,β-unsaturated/α-hetero) is 1. The van der Waals surface area contributed by atoms with Crippen molar-refractivity contribution in [2.24, 2.45) is 0 Å². The van der Waals surface area contributed by atoms with Gasteiger partial charge in [0.1, 0.15) is 0 Å². The Labute approximate surface area is 173 Å². The number of thiophene rings is 1. The summed E-state index contributed by atoms with van der Waals surface area (Å²) in [7, 11) is 0. The second-order valence-corrected chi connectivity index (χ2v) is 9.49. The fraction of sp³-hybridized carbons (Fsp3) is 0.381. The molecule has 1 aromatic carbocycles. The van der Waals surface area contributed by atoms with Crippen LogP contribution in [0.2, 0.25) is 0 Å². The first kappa shape index (κ1) is 20.6. The van der Waals surface area contributed by atoms with Gasteiger partial charge in [-0.05, 0) is 37.6 Å². The normalized spacial score (nSPS) is 16.2. The summed E-state index contributed by atoms with van der Waals surface area (Å²) in [5.41, 5.74) is 0.862. The maximum Gasteiger partial charge on any atom is 0.306 e. The number of hydrogen-bond donors (Lipinski definition) is 0. The van der Waals surface area contributed by atoms with E-state index in [1.54, 1.807) is 22.7 Å². The minimum absolute atomic E-state index is 0.0213. The van der Waals surface area contributed by atoms with E-state index >= 15 is 0 Å². The minimum Gasteiger partial charge on any atom is -0.456 e. The molecule has 1 amide bonds.